The molecule has 0 aromatic heterocycles. The quantitative estimate of drug-likeness (QED) is 0.340. The Labute approximate surface area is 47.5 Å². The van der Waals surface area contributed by atoms with Crippen molar-refractivity contribution in [2.75, 3.05) is 13.1 Å². The Hall–Kier alpha value is -1.04. The van der Waals surface area contributed by atoms with Crippen molar-refractivity contribution >= 4 is 6.29 Å². The average molecular weight is 110 g/mol. The molecule has 0 spiro atoms. The van der Waals surface area contributed by atoms with E-state index in [-0.39, 0.29) is 5.92 Å². The van der Waals surface area contributed by atoms with Crippen molar-refractivity contribution in [3.63, 3.8) is 0 Å². The fraction of sp³-hybridized carbons (Fsp3) is 0.600. The summed E-state index contributed by atoms with van der Waals surface area (Å²) in [6, 6.07) is 0. The van der Waals surface area contributed by atoms with Gasteiger partial charge in [-0.25, -0.2) is 0 Å². The first-order valence-corrected chi connectivity index (χ1v) is 2.47. The Morgan fingerprint density at radius 2 is 2.38 bits per heavy atom. The van der Waals surface area contributed by atoms with E-state index in [0.29, 0.717) is 13.1 Å². The summed E-state index contributed by atoms with van der Waals surface area (Å²) in [6.07, 6.45) is 2.84. The molecule has 0 N–H and O–H groups in total. The molecular weight excluding hydrogens is 104 g/mol. The summed E-state index contributed by atoms with van der Waals surface area (Å²) in [5, 5.41) is 8.16. The molecule has 0 radical (unpaired) electrons. The highest BCUT2D eigenvalue weighted by atomic mass is 16.1. The van der Waals surface area contributed by atoms with Crippen molar-refractivity contribution in [1.29, 1.82) is 5.26 Å². The maximum Gasteiger partial charge on any atom is 0.179 e. The summed E-state index contributed by atoms with van der Waals surface area (Å²) < 4.78 is 0. The van der Waals surface area contributed by atoms with Crippen LogP contribution >= 0.6 is 0 Å². The van der Waals surface area contributed by atoms with Gasteiger partial charge in [0.1, 0.15) is 6.29 Å². The van der Waals surface area contributed by atoms with E-state index in [1.54, 1.807) is 4.90 Å². The number of nitriles is 1. The summed E-state index contributed by atoms with van der Waals surface area (Å²) in [5.41, 5.74) is 0. The molecule has 0 aromatic carbocycles. The fourth-order valence-corrected chi connectivity index (χ4v) is 0.680. The van der Waals surface area contributed by atoms with Crippen LogP contribution in [0.5, 0.6) is 0 Å². The minimum Gasteiger partial charge on any atom is -0.309 e. The van der Waals surface area contributed by atoms with Crippen LogP contribution in [0, 0.1) is 17.4 Å². The number of carbonyl (C=O) groups excluding carboxylic acids is 1. The Bertz CT molecular complexity index is 132. The summed E-state index contributed by atoms with van der Waals surface area (Å²) >= 11 is 0. The molecule has 3 heteroatoms. The zero-order valence-electron chi connectivity index (χ0n) is 4.37. The van der Waals surface area contributed by atoms with Crippen LogP contribution in [0.15, 0.2) is 0 Å². The highest BCUT2D eigenvalue weighted by Crippen LogP contribution is 2.09. The van der Waals surface area contributed by atoms with Crippen molar-refractivity contribution in [3.05, 3.63) is 0 Å². The number of carbonyl (C=O) groups is 1. The maximum absolute atomic E-state index is 9.91. The summed E-state index contributed by atoms with van der Waals surface area (Å²) in [7, 11) is 0. The van der Waals surface area contributed by atoms with Crippen LogP contribution in [0.1, 0.15) is 0 Å². The highest BCUT2D eigenvalue weighted by molar-refractivity contribution is 5.55. The number of nitrogens with zero attached hydrogens (tertiary/aromatic N) is 2. The number of likely N-dealkylation sites (tertiary alicyclic amines) is 1. The zero-order chi connectivity index (χ0) is 5.98. The lowest BCUT2D eigenvalue weighted by molar-refractivity contribution is -0.114. The molecule has 0 aliphatic carbocycles. The van der Waals surface area contributed by atoms with Crippen molar-refractivity contribution in [1.82, 2.24) is 4.90 Å². The molecule has 1 saturated heterocycles. The SMILES string of the molecule is N#CN1CC(C=O)C1. The number of rotatable bonds is 1. The van der Waals surface area contributed by atoms with E-state index in [1.807, 2.05) is 6.19 Å². The van der Waals surface area contributed by atoms with Gasteiger partial charge in [0.25, 0.3) is 0 Å². The molecule has 0 aromatic rings. The lowest BCUT2D eigenvalue weighted by atomic mass is 10.0. The Morgan fingerprint density at radius 1 is 1.75 bits per heavy atom. The second kappa shape index (κ2) is 1.83. The van der Waals surface area contributed by atoms with E-state index in [9.17, 15) is 4.79 Å². The van der Waals surface area contributed by atoms with Crippen molar-refractivity contribution in [3.8, 4) is 6.19 Å². The van der Waals surface area contributed by atoms with Gasteiger partial charge in [-0.2, -0.15) is 5.26 Å². The van der Waals surface area contributed by atoms with E-state index in [0.717, 1.165) is 6.29 Å². The molecule has 8 heavy (non-hydrogen) atoms. The highest BCUT2D eigenvalue weighted by Gasteiger charge is 2.24. The molecule has 42 valence electrons. The Morgan fingerprint density at radius 3 is 2.75 bits per heavy atom. The van der Waals surface area contributed by atoms with E-state index in [1.165, 1.54) is 0 Å². The van der Waals surface area contributed by atoms with Gasteiger partial charge in [0.15, 0.2) is 6.19 Å². The summed E-state index contributed by atoms with van der Waals surface area (Å²) in [4.78, 5) is 11.5. The van der Waals surface area contributed by atoms with E-state index >= 15 is 0 Å². The molecule has 0 unspecified atom stereocenters. The van der Waals surface area contributed by atoms with Gasteiger partial charge in [0.05, 0.1) is 5.92 Å². The minimum absolute atomic E-state index is 0.120. The molecule has 0 bridgehead atoms. The first kappa shape index (κ1) is 5.10. The number of hydrogen-bond acceptors (Lipinski definition) is 3. The van der Waals surface area contributed by atoms with Crippen LogP contribution in [0.3, 0.4) is 0 Å². The third-order valence-corrected chi connectivity index (χ3v) is 1.24. The average Bonchev–Trinajstić information content (AvgIpc) is 1.65. The molecular formula is C5H6N2O. The van der Waals surface area contributed by atoms with Crippen LogP contribution in [-0.2, 0) is 4.79 Å². The third-order valence-electron chi connectivity index (χ3n) is 1.24. The molecule has 1 aliphatic heterocycles. The topological polar surface area (TPSA) is 44.1 Å². The van der Waals surface area contributed by atoms with Gasteiger partial charge in [0.2, 0.25) is 0 Å². The Kier molecular flexibility index (Phi) is 1.17. The van der Waals surface area contributed by atoms with E-state index in [2.05, 4.69) is 0 Å². The van der Waals surface area contributed by atoms with Crippen molar-refractivity contribution < 1.29 is 4.79 Å². The first-order chi connectivity index (χ1) is 3.86. The largest absolute Gasteiger partial charge is 0.309 e. The van der Waals surface area contributed by atoms with Crippen molar-refractivity contribution in [2.45, 2.75) is 0 Å². The molecule has 0 atom stereocenters. The van der Waals surface area contributed by atoms with Crippen LogP contribution in [0.2, 0.25) is 0 Å². The van der Waals surface area contributed by atoms with Gasteiger partial charge in [-0.15, -0.1) is 0 Å². The molecule has 1 aliphatic rings. The zero-order valence-corrected chi connectivity index (χ0v) is 4.37. The molecule has 0 amide bonds. The van der Waals surface area contributed by atoms with Gasteiger partial charge in [-0.3, -0.25) is 0 Å². The predicted molar refractivity (Wildman–Crippen MR) is 26.7 cm³/mol. The van der Waals surface area contributed by atoms with E-state index < -0.39 is 0 Å². The molecule has 0 saturated carbocycles. The minimum atomic E-state index is 0.120. The first-order valence-electron chi connectivity index (χ1n) is 2.47. The van der Waals surface area contributed by atoms with Crippen LogP contribution < -0.4 is 0 Å². The number of aldehydes is 1. The normalized spacial score (nSPS) is 19.1. The molecule has 1 heterocycles. The van der Waals surface area contributed by atoms with Crippen LogP contribution in [0.4, 0.5) is 0 Å². The van der Waals surface area contributed by atoms with E-state index in [4.69, 9.17) is 5.26 Å². The summed E-state index contributed by atoms with van der Waals surface area (Å²) in [6.45, 7) is 1.25. The van der Waals surface area contributed by atoms with Gasteiger partial charge in [-0.05, 0) is 0 Å². The third kappa shape index (κ3) is 0.648. The smallest absolute Gasteiger partial charge is 0.179 e. The van der Waals surface area contributed by atoms with Gasteiger partial charge in [-0.1, -0.05) is 0 Å². The second-order valence-corrected chi connectivity index (χ2v) is 1.90. The van der Waals surface area contributed by atoms with Crippen molar-refractivity contribution in [2.24, 2.45) is 5.92 Å². The van der Waals surface area contributed by atoms with Crippen LogP contribution in [-0.4, -0.2) is 24.3 Å². The maximum atomic E-state index is 9.91. The lowest BCUT2D eigenvalue weighted by Gasteiger charge is -2.30. The van der Waals surface area contributed by atoms with Gasteiger partial charge in [0, 0.05) is 13.1 Å². The summed E-state index contributed by atoms with van der Waals surface area (Å²) in [5.74, 6) is 0.120. The van der Waals surface area contributed by atoms with Gasteiger partial charge >= 0.3 is 0 Å². The Balaban J connectivity index is 2.23. The molecule has 3 nitrogen and oxygen atoms in total. The fourth-order valence-electron chi connectivity index (χ4n) is 0.680. The predicted octanol–water partition coefficient (Wildman–Crippen LogP) is -0.402. The van der Waals surface area contributed by atoms with Crippen LogP contribution in [0.25, 0.3) is 0 Å². The standard InChI is InChI=1S/C5H6N2O/c6-4-7-1-5(2-7)3-8/h3,5H,1-2H2. The number of hydrogen-bond donors (Lipinski definition) is 0. The second-order valence-electron chi connectivity index (χ2n) is 1.90. The van der Waals surface area contributed by atoms with Gasteiger partial charge < -0.3 is 9.69 Å². The molecule has 1 fully saturated rings. The monoisotopic (exact) mass is 110 g/mol. The lowest BCUT2D eigenvalue weighted by Crippen LogP contribution is -2.43. The molecule has 1 rings (SSSR count).